The molecule has 4 heterocycles. The molecule has 0 unspecified atom stereocenters. The van der Waals surface area contributed by atoms with Crippen molar-refractivity contribution in [3.8, 4) is 0 Å². The van der Waals surface area contributed by atoms with Gasteiger partial charge in [-0.25, -0.2) is 14.5 Å². The molecule has 0 radical (unpaired) electrons. The lowest BCUT2D eigenvalue weighted by Crippen LogP contribution is -2.42. The normalized spacial score (nSPS) is 21.2. The van der Waals surface area contributed by atoms with Gasteiger partial charge in [0, 0.05) is 32.2 Å². The molecule has 1 aliphatic rings. The van der Waals surface area contributed by atoms with E-state index in [0.717, 1.165) is 19.4 Å². The van der Waals surface area contributed by atoms with Crippen LogP contribution in [0.1, 0.15) is 34.9 Å². The maximum Gasteiger partial charge on any atom is 0.256 e. The molecule has 136 valence electrons. The number of nitrogens with zero attached hydrogens (tertiary/aromatic N) is 6. The van der Waals surface area contributed by atoms with E-state index in [2.05, 4.69) is 36.9 Å². The monoisotopic (exact) mass is 353 g/mol. The van der Waals surface area contributed by atoms with Crippen molar-refractivity contribution < 1.29 is 4.79 Å². The van der Waals surface area contributed by atoms with Crippen molar-refractivity contribution >= 4 is 11.6 Å². The van der Waals surface area contributed by atoms with Crippen molar-refractivity contribution in [3.05, 3.63) is 48.4 Å². The van der Waals surface area contributed by atoms with Crippen molar-refractivity contribution in [3.63, 3.8) is 0 Å². The summed E-state index contributed by atoms with van der Waals surface area (Å²) in [5.74, 6) is 0.207. The summed E-state index contributed by atoms with van der Waals surface area (Å²) in [7, 11) is 4.16. The third-order valence-corrected chi connectivity index (χ3v) is 5.21. The predicted octanol–water partition coefficient (Wildman–Crippen LogP) is 1.28. The van der Waals surface area contributed by atoms with Gasteiger partial charge in [-0.2, -0.15) is 5.10 Å². The molecule has 1 N–H and O–H groups in total. The fourth-order valence-corrected chi connectivity index (χ4v) is 3.90. The predicted molar refractivity (Wildman–Crippen MR) is 96.6 cm³/mol. The van der Waals surface area contributed by atoms with Gasteiger partial charge in [-0.3, -0.25) is 9.69 Å². The van der Waals surface area contributed by atoms with E-state index in [0.29, 0.717) is 23.7 Å². The van der Waals surface area contributed by atoms with Gasteiger partial charge in [0.05, 0.1) is 24.3 Å². The molecule has 1 amide bonds. The zero-order chi connectivity index (χ0) is 18.1. The molecular weight excluding hydrogens is 330 g/mol. The second kappa shape index (κ2) is 6.87. The molecule has 26 heavy (non-hydrogen) atoms. The number of hydrogen-bond acceptors (Lipinski definition) is 5. The minimum absolute atomic E-state index is 0.129. The third kappa shape index (κ3) is 2.96. The van der Waals surface area contributed by atoms with Crippen molar-refractivity contribution in [1.29, 1.82) is 0 Å². The Morgan fingerprint density at radius 3 is 3.04 bits per heavy atom. The quantitative estimate of drug-likeness (QED) is 0.764. The number of carbonyl (C=O) groups is 1. The van der Waals surface area contributed by atoms with Gasteiger partial charge in [-0.05, 0) is 38.4 Å². The molecule has 0 aliphatic carbocycles. The Labute approximate surface area is 151 Å². The van der Waals surface area contributed by atoms with Crippen LogP contribution in [0, 0.1) is 5.92 Å². The van der Waals surface area contributed by atoms with Crippen LogP contribution in [-0.4, -0.2) is 55.1 Å². The Morgan fingerprint density at radius 2 is 2.23 bits per heavy atom. The Hall–Kier alpha value is -2.74. The van der Waals surface area contributed by atoms with Crippen molar-refractivity contribution in [2.45, 2.75) is 18.9 Å². The fourth-order valence-electron chi connectivity index (χ4n) is 3.90. The largest absolute Gasteiger partial charge is 0.352 e. The maximum atomic E-state index is 12.7. The molecule has 0 spiro atoms. The van der Waals surface area contributed by atoms with Gasteiger partial charge in [0.25, 0.3) is 5.91 Å². The highest BCUT2D eigenvalue weighted by Crippen LogP contribution is 2.34. The molecular formula is C18H23N7O. The van der Waals surface area contributed by atoms with Crippen LogP contribution in [-0.2, 0) is 7.05 Å². The topological polar surface area (TPSA) is 80.3 Å². The lowest BCUT2D eigenvalue weighted by molar-refractivity contribution is 0.0883. The highest BCUT2D eigenvalue weighted by molar-refractivity contribution is 5.99. The molecule has 1 saturated heterocycles. The van der Waals surface area contributed by atoms with Crippen LogP contribution in [0.25, 0.3) is 5.65 Å². The lowest BCUT2D eigenvalue weighted by Gasteiger charge is -2.39. The first kappa shape index (κ1) is 16.7. The number of imidazole rings is 1. The summed E-state index contributed by atoms with van der Waals surface area (Å²) in [6.45, 7) is 1.67. The van der Waals surface area contributed by atoms with E-state index in [4.69, 9.17) is 0 Å². The van der Waals surface area contributed by atoms with Crippen LogP contribution in [0.4, 0.5) is 0 Å². The summed E-state index contributed by atoms with van der Waals surface area (Å²) in [6.07, 6.45) is 11.0. The zero-order valence-electron chi connectivity index (χ0n) is 15.0. The zero-order valence-corrected chi connectivity index (χ0v) is 15.0. The second-order valence-corrected chi connectivity index (χ2v) is 6.91. The van der Waals surface area contributed by atoms with Gasteiger partial charge in [0.1, 0.15) is 5.56 Å². The molecule has 1 aliphatic heterocycles. The Morgan fingerprint density at radius 1 is 1.35 bits per heavy atom. The first-order valence-electron chi connectivity index (χ1n) is 8.88. The molecule has 4 rings (SSSR count). The molecule has 0 bridgehead atoms. The van der Waals surface area contributed by atoms with Crippen LogP contribution in [0.3, 0.4) is 0 Å². The molecule has 8 nitrogen and oxygen atoms in total. The summed E-state index contributed by atoms with van der Waals surface area (Å²) < 4.78 is 3.68. The molecule has 0 saturated carbocycles. The number of piperidine rings is 1. The number of rotatable bonds is 4. The van der Waals surface area contributed by atoms with Crippen LogP contribution >= 0.6 is 0 Å². The molecule has 0 aromatic carbocycles. The minimum Gasteiger partial charge on any atom is -0.352 e. The summed E-state index contributed by atoms with van der Waals surface area (Å²) >= 11 is 0. The minimum atomic E-state index is -0.129. The van der Waals surface area contributed by atoms with Crippen molar-refractivity contribution in [2.75, 3.05) is 20.1 Å². The molecule has 8 heteroatoms. The van der Waals surface area contributed by atoms with E-state index in [1.165, 1.54) is 5.69 Å². The number of aryl methyl sites for hydroxylation is 1. The number of nitrogens with one attached hydrogen (secondary N) is 1. The summed E-state index contributed by atoms with van der Waals surface area (Å²) in [4.78, 5) is 23.5. The van der Waals surface area contributed by atoms with E-state index in [1.807, 2.05) is 19.6 Å². The van der Waals surface area contributed by atoms with Crippen molar-refractivity contribution in [1.82, 2.24) is 34.4 Å². The average Bonchev–Trinajstić information content (AvgIpc) is 3.26. The molecule has 2 atom stereocenters. The number of aromatic nitrogens is 5. The van der Waals surface area contributed by atoms with Gasteiger partial charge in [-0.15, -0.1) is 0 Å². The van der Waals surface area contributed by atoms with Gasteiger partial charge in [-0.1, -0.05) is 0 Å². The molecule has 3 aromatic heterocycles. The lowest BCUT2D eigenvalue weighted by atomic mass is 9.87. The van der Waals surface area contributed by atoms with Crippen LogP contribution in [0.5, 0.6) is 0 Å². The second-order valence-electron chi connectivity index (χ2n) is 6.91. The van der Waals surface area contributed by atoms with E-state index < -0.39 is 0 Å². The summed E-state index contributed by atoms with van der Waals surface area (Å²) in [5.41, 5.74) is 2.27. The third-order valence-electron chi connectivity index (χ3n) is 5.21. The smallest absolute Gasteiger partial charge is 0.256 e. The highest BCUT2D eigenvalue weighted by Gasteiger charge is 2.32. The Kier molecular flexibility index (Phi) is 4.42. The first-order valence-corrected chi connectivity index (χ1v) is 8.88. The molecule has 1 fully saturated rings. The number of carbonyl (C=O) groups excluding carboxylic acids is 1. The number of amides is 1. The number of fused-ring (bicyclic) bond motifs is 1. The van der Waals surface area contributed by atoms with Gasteiger partial charge in [0.2, 0.25) is 0 Å². The van der Waals surface area contributed by atoms with E-state index in [-0.39, 0.29) is 11.9 Å². The van der Waals surface area contributed by atoms with E-state index >= 15 is 0 Å². The summed E-state index contributed by atoms with van der Waals surface area (Å²) in [6, 6.07) is 2.04. The average molecular weight is 353 g/mol. The summed E-state index contributed by atoms with van der Waals surface area (Å²) in [5, 5.41) is 7.28. The van der Waals surface area contributed by atoms with Crippen LogP contribution in [0.2, 0.25) is 0 Å². The van der Waals surface area contributed by atoms with Gasteiger partial charge >= 0.3 is 0 Å². The van der Waals surface area contributed by atoms with Gasteiger partial charge in [0.15, 0.2) is 5.65 Å². The van der Waals surface area contributed by atoms with E-state index in [9.17, 15) is 4.79 Å². The number of likely N-dealkylation sites (tertiary alicyclic amines) is 1. The van der Waals surface area contributed by atoms with Crippen LogP contribution in [0.15, 0.2) is 37.2 Å². The number of hydrogen-bond donors (Lipinski definition) is 1. The molecule has 3 aromatic rings. The van der Waals surface area contributed by atoms with Crippen LogP contribution < -0.4 is 5.32 Å². The Bertz CT molecular complexity index is 915. The fraction of sp³-hybridized carbons (Fsp3) is 0.444. The Balaban J connectivity index is 1.50. The standard InChI is InChI=1S/C18H23N7O/c1-23-7-3-5-13(16(23)15-11-19-12-24(15)2)9-21-18(26)14-10-22-25-8-4-6-20-17(14)25/h4,6,8,10-13,16H,3,5,7,9H2,1-2H3,(H,21,26)/t13-,16+/m0/s1. The SMILES string of the molecule is CN1CCC[C@@H](CNC(=O)c2cnn3cccnc23)[C@@H]1c1cncn1C. The first-order chi connectivity index (χ1) is 12.6. The van der Waals surface area contributed by atoms with Gasteiger partial charge < -0.3 is 9.88 Å². The van der Waals surface area contributed by atoms with E-state index in [1.54, 1.807) is 29.2 Å². The van der Waals surface area contributed by atoms with Crippen molar-refractivity contribution in [2.24, 2.45) is 13.0 Å². The maximum absolute atomic E-state index is 12.7. The highest BCUT2D eigenvalue weighted by atomic mass is 16.1.